The molecule has 2 fully saturated rings. The van der Waals surface area contributed by atoms with Crippen LogP contribution in [0.25, 0.3) is 22.3 Å². The highest BCUT2D eigenvalue weighted by molar-refractivity contribution is 7.80. The maximum atomic E-state index is 15.4. The first-order valence-corrected chi connectivity index (χ1v) is 33.4. The molecule has 11 rings (SSSR count). The number of anilines is 5. The predicted octanol–water partition coefficient (Wildman–Crippen LogP) is 17.2. The molecule has 12 nitrogen and oxygen atoms in total. The number of rotatable bonds is 21. The Balaban J connectivity index is 0.000000168. The van der Waals surface area contributed by atoms with Crippen molar-refractivity contribution in [2.75, 3.05) is 76.5 Å². The molecular formula is C75H76N6O6P2S. The van der Waals surface area contributed by atoms with Gasteiger partial charge in [-0.05, 0) is 127 Å². The van der Waals surface area contributed by atoms with Gasteiger partial charge in [-0.1, -0.05) is 213 Å². The number of esters is 2. The molecule has 0 saturated carbocycles. The number of hydrogen-bond donors (Lipinski definition) is 2. The molecule has 0 aromatic heterocycles. The second kappa shape index (κ2) is 33.3. The number of nitrogens with one attached hydrogen (secondary N) is 2. The van der Waals surface area contributed by atoms with Crippen LogP contribution in [0.3, 0.4) is 0 Å². The number of carbonyl (C=O) groups excluding carboxylic acids is 2. The van der Waals surface area contributed by atoms with E-state index in [0.717, 1.165) is 63.5 Å². The van der Waals surface area contributed by atoms with Gasteiger partial charge in [0.25, 0.3) is 7.44 Å². The van der Waals surface area contributed by atoms with Crippen molar-refractivity contribution in [1.29, 1.82) is 0 Å². The molecule has 0 spiro atoms. The molecule has 2 aliphatic heterocycles. The lowest BCUT2D eigenvalue weighted by Crippen LogP contribution is -2.31. The third kappa shape index (κ3) is 16.9. The van der Waals surface area contributed by atoms with E-state index in [4.69, 9.17) is 26.2 Å². The van der Waals surface area contributed by atoms with E-state index in [1.807, 2.05) is 185 Å². The van der Waals surface area contributed by atoms with Gasteiger partial charge >= 0.3 is 11.9 Å². The Morgan fingerprint density at radius 2 is 0.967 bits per heavy atom. The molecule has 15 heteroatoms. The quantitative estimate of drug-likeness (QED) is 0.0178. The Bertz CT molecular complexity index is 3750. The molecule has 0 bridgehead atoms. The van der Waals surface area contributed by atoms with Gasteiger partial charge < -0.3 is 43.3 Å². The molecule has 458 valence electrons. The highest BCUT2D eigenvalue weighted by Gasteiger charge is 2.49. The first-order valence-electron chi connectivity index (χ1n) is 30.2. The van der Waals surface area contributed by atoms with Crippen LogP contribution in [-0.4, -0.2) is 69.6 Å². The number of ether oxygens (including phenoxy) is 2. The normalized spacial score (nSPS) is 13.5. The van der Waals surface area contributed by atoms with Gasteiger partial charge in [0.15, 0.2) is 5.11 Å². The van der Waals surface area contributed by atoms with Crippen LogP contribution in [0, 0.1) is 5.92 Å². The molecule has 9 aromatic rings. The molecular weight excluding hydrogens is 1170 g/mol. The summed E-state index contributed by atoms with van der Waals surface area (Å²) in [6.07, 6.45) is 0.797. The summed E-state index contributed by atoms with van der Waals surface area (Å²) in [7, 11) is -4.45. The van der Waals surface area contributed by atoms with Crippen LogP contribution in [-0.2, 0) is 41.0 Å². The third-order valence-electron chi connectivity index (χ3n) is 15.0. The Morgan fingerprint density at radius 3 is 1.43 bits per heavy atom. The summed E-state index contributed by atoms with van der Waals surface area (Å²) in [5, 5.41) is 7.41. The van der Waals surface area contributed by atoms with Crippen molar-refractivity contribution in [3.8, 4) is 22.3 Å². The van der Waals surface area contributed by atoms with Gasteiger partial charge in [-0.2, -0.15) is 0 Å². The Kier molecular flexibility index (Phi) is 24.1. The second-order valence-electron chi connectivity index (χ2n) is 20.8. The average molecular weight is 1250 g/mol. The summed E-state index contributed by atoms with van der Waals surface area (Å²) in [5.41, 5.74) is 14.6. The number of hydrogen-bond acceptors (Lipinski definition) is 9. The van der Waals surface area contributed by atoms with E-state index in [9.17, 15) is 9.59 Å². The molecule has 1 unspecified atom stereocenters. The molecule has 0 amide bonds. The zero-order valence-corrected chi connectivity index (χ0v) is 53.5. The second-order valence-corrected chi connectivity index (χ2v) is 25.6. The Labute approximate surface area is 537 Å². The van der Waals surface area contributed by atoms with E-state index in [1.54, 1.807) is 13.8 Å². The average Bonchev–Trinajstić information content (AvgIpc) is 1.54. The maximum Gasteiger partial charge on any atom is 0.342 e. The van der Waals surface area contributed by atoms with Crippen LogP contribution in [0.4, 0.5) is 28.4 Å². The van der Waals surface area contributed by atoms with Crippen molar-refractivity contribution < 1.29 is 28.2 Å². The van der Waals surface area contributed by atoms with Crippen LogP contribution >= 0.6 is 28.1 Å². The molecule has 1 atom stereocenters. The van der Waals surface area contributed by atoms with Gasteiger partial charge in [-0.3, -0.25) is 9.36 Å². The van der Waals surface area contributed by atoms with Gasteiger partial charge in [0, 0.05) is 72.9 Å². The Morgan fingerprint density at radius 1 is 0.556 bits per heavy atom. The minimum atomic E-state index is -3.51. The van der Waals surface area contributed by atoms with Crippen molar-refractivity contribution in [2.24, 2.45) is 5.92 Å². The smallest absolute Gasteiger partial charge is 0.342 e. The summed E-state index contributed by atoms with van der Waals surface area (Å²) < 4.78 is 41.0. The standard InChI is InChI=1S/C33H33N2O3P.C23H25N4OPS.C19H18O2/c1-3-38-33(36)32(25-28-17-13-14-22-31(28)27-15-7-4-8-16-27)26(2)39(37)34(29-18-9-5-10-19-29)23-24-35(39)30-20-11-6-12-21-30;30-23(25-20-10-4-1-5-11-20)24-16-19-28-29-26(21-12-6-2-7-13-21)17-18-27(29)22-14-8-3-9-15-22;1-3-15(19(20)21-4-2)14-17-12-8-9-13-18(17)16-10-6-5-7-11-16/h4-22,32H,2-3,23-25H2,1H3;1-15H,16-19H2,(H2,24,25,30);5-13H,1,4,14H2,2H3. The topological polar surface area (TPSA) is 116 Å². The molecule has 2 saturated heterocycles. The van der Waals surface area contributed by atoms with E-state index < -0.39 is 27.8 Å². The predicted molar refractivity (Wildman–Crippen MR) is 376 cm³/mol. The summed E-state index contributed by atoms with van der Waals surface area (Å²) in [6.45, 7) is 16.4. The van der Waals surface area contributed by atoms with E-state index >= 15 is 4.57 Å². The Hall–Kier alpha value is -9.31. The van der Waals surface area contributed by atoms with Crippen molar-refractivity contribution in [1.82, 2.24) is 5.32 Å². The van der Waals surface area contributed by atoms with Gasteiger partial charge in [0.05, 0.1) is 31.3 Å². The molecule has 2 heterocycles. The van der Waals surface area contributed by atoms with Crippen LogP contribution in [0.15, 0.2) is 291 Å². The van der Waals surface area contributed by atoms with Crippen molar-refractivity contribution in [3.05, 3.63) is 302 Å². The van der Waals surface area contributed by atoms with E-state index in [1.165, 1.54) is 11.4 Å². The van der Waals surface area contributed by atoms with Gasteiger partial charge in [0.2, 0.25) is 8.45 Å². The zero-order valence-electron chi connectivity index (χ0n) is 50.9. The van der Waals surface area contributed by atoms with Crippen molar-refractivity contribution in [2.45, 2.75) is 26.7 Å². The lowest BCUT2D eigenvalue weighted by Gasteiger charge is -2.36. The number of nitrogens with zero attached hydrogens (tertiary/aromatic N) is 4. The SMILES string of the molecule is C=C(C(Cc1ccccc1-c1ccccc1)C(=O)OCC)P1(=O)N(c2ccccc2)CCN1c1ccccc1.C=C=C(Cc1ccccc1-c1ccccc1)C(=O)OCC.S=C(NCCOP1N(c2ccccc2)CCN1c1ccccc1)Nc1ccccc1. The lowest BCUT2D eigenvalue weighted by molar-refractivity contribution is -0.146. The molecule has 0 aliphatic carbocycles. The number of thiocarbonyl (C=S) groups is 1. The number of benzene rings is 9. The van der Waals surface area contributed by atoms with E-state index in [2.05, 4.69) is 124 Å². The maximum absolute atomic E-state index is 15.4. The molecule has 90 heavy (non-hydrogen) atoms. The van der Waals surface area contributed by atoms with Gasteiger partial charge in [-0.15, -0.1) is 5.73 Å². The summed E-state index contributed by atoms with van der Waals surface area (Å²) in [4.78, 5) is 25.4. The summed E-state index contributed by atoms with van der Waals surface area (Å²) in [5.74, 6) is -1.56. The summed E-state index contributed by atoms with van der Waals surface area (Å²) in [6, 6.07) is 86.6. The minimum absolute atomic E-state index is 0.234. The van der Waals surface area contributed by atoms with Gasteiger partial charge in [0.1, 0.15) is 0 Å². The molecule has 2 N–H and O–H groups in total. The largest absolute Gasteiger partial charge is 0.466 e. The van der Waals surface area contributed by atoms with Crippen LogP contribution in [0.5, 0.6) is 0 Å². The highest BCUT2D eigenvalue weighted by Crippen LogP contribution is 2.67. The van der Waals surface area contributed by atoms with Crippen LogP contribution in [0.1, 0.15) is 25.0 Å². The fraction of sp³-hybridized carbons (Fsp3) is 0.173. The highest BCUT2D eigenvalue weighted by atomic mass is 32.1. The summed E-state index contributed by atoms with van der Waals surface area (Å²) >= 11 is 5.39. The number of carbonyl (C=O) groups is 2. The fourth-order valence-corrected chi connectivity index (χ4v) is 16.0. The third-order valence-corrected chi connectivity index (χ3v) is 20.6. The molecule has 9 aromatic carbocycles. The number of para-hydroxylation sites is 5. The van der Waals surface area contributed by atoms with Crippen LogP contribution < -0.4 is 29.3 Å². The lowest BCUT2D eigenvalue weighted by atomic mass is 9.92. The van der Waals surface area contributed by atoms with E-state index in [0.29, 0.717) is 61.7 Å². The van der Waals surface area contributed by atoms with Gasteiger partial charge in [-0.25, -0.2) is 4.79 Å². The first kappa shape index (κ1) is 65.1. The van der Waals surface area contributed by atoms with Crippen LogP contribution in [0.2, 0.25) is 0 Å². The van der Waals surface area contributed by atoms with Crippen molar-refractivity contribution >= 4 is 73.6 Å². The zero-order chi connectivity index (χ0) is 62.9. The molecule has 2 aliphatic rings. The monoisotopic (exact) mass is 1250 g/mol. The van der Waals surface area contributed by atoms with Crippen molar-refractivity contribution in [3.63, 3.8) is 0 Å². The van der Waals surface area contributed by atoms with E-state index in [-0.39, 0.29) is 12.6 Å². The molecule has 0 radical (unpaired) electrons. The fourth-order valence-electron chi connectivity index (χ4n) is 10.7. The minimum Gasteiger partial charge on any atom is -0.466 e. The first-order chi connectivity index (χ1) is 44.1.